The van der Waals surface area contributed by atoms with Crippen molar-refractivity contribution in [1.82, 2.24) is 10.3 Å². The standard InChI is InChI=1S/C12H11N3O2S/c1-7(5-13)6-14-11(16)8-2-3-9-10(4-8)17-12(18)15-9/h2-4,7H,6H2,1H3,(H,14,16)(H,15,18)/t7-/m0/s1. The highest BCUT2D eigenvalue weighted by Crippen LogP contribution is 2.15. The Morgan fingerprint density at radius 1 is 1.67 bits per heavy atom. The van der Waals surface area contributed by atoms with E-state index < -0.39 is 0 Å². The zero-order valence-corrected chi connectivity index (χ0v) is 10.5. The smallest absolute Gasteiger partial charge is 0.266 e. The van der Waals surface area contributed by atoms with Gasteiger partial charge < -0.3 is 14.7 Å². The molecule has 0 radical (unpaired) electrons. The van der Waals surface area contributed by atoms with Gasteiger partial charge in [0.25, 0.3) is 10.7 Å². The monoisotopic (exact) mass is 261 g/mol. The van der Waals surface area contributed by atoms with Gasteiger partial charge in [0.1, 0.15) is 0 Å². The highest BCUT2D eigenvalue weighted by Gasteiger charge is 2.09. The molecule has 0 saturated heterocycles. The van der Waals surface area contributed by atoms with Crippen LogP contribution < -0.4 is 5.32 Å². The van der Waals surface area contributed by atoms with E-state index in [0.717, 1.165) is 5.52 Å². The predicted octanol–water partition coefficient (Wildman–Crippen LogP) is 2.38. The normalized spacial score (nSPS) is 12.0. The number of aromatic nitrogens is 1. The van der Waals surface area contributed by atoms with Crippen molar-refractivity contribution in [2.75, 3.05) is 6.54 Å². The second-order valence-corrected chi connectivity index (χ2v) is 4.34. The van der Waals surface area contributed by atoms with Crippen molar-refractivity contribution in [3.8, 4) is 6.07 Å². The van der Waals surface area contributed by atoms with Crippen LogP contribution in [0.5, 0.6) is 0 Å². The SMILES string of the molecule is C[C@@H](C#N)CNC(=O)c1ccc2[nH]c(=S)oc2c1. The summed E-state index contributed by atoms with van der Waals surface area (Å²) >= 11 is 4.86. The third-order valence-electron chi connectivity index (χ3n) is 2.47. The molecule has 1 aromatic carbocycles. The summed E-state index contributed by atoms with van der Waals surface area (Å²) in [6.45, 7) is 2.07. The molecule has 2 N–H and O–H groups in total. The third-order valence-corrected chi connectivity index (χ3v) is 2.66. The molecule has 92 valence electrons. The third kappa shape index (κ3) is 2.57. The Kier molecular flexibility index (Phi) is 3.44. The molecule has 6 heteroatoms. The van der Waals surface area contributed by atoms with Gasteiger partial charge in [0.2, 0.25) is 0 Å². The molecular weight excluding hydrogens is 250 g/mol. The summed E-state index contributed by atoms with van der Waals surface area (Å²) in [4.78, 5) is 15.0. The number of nitrogens with zero attached hydrogens (tertiary/aromatic N) is 1. The van der Waals surface area contributed by atoms with Crippen molar-refractivity contribution in [2.24, 2.45) is 5.92 Å². The minimum absolute atomic E-state index is 0.214. The maximum atomic E-state index is 11.8. The number of nitrogens with one attached hydrogen (secondary N) is 2. The average molecular weight is 261 g/mol. The first-order valence-electron chi connectivity index (χ1n) is 5.41. The van der Waals surface area contributed by atoms with Crippen LogP contribution in [0.4, 0.5) is 0 Å². The van der Waals surface area contributed by atoms with E-state index in [1.807, 2.05) is 0 Å². The fourth-order valence-electron chi connectivity index (χ4n) is 1.48. The van der Waals surface area contributed by atoms with E-state index >= 15 is 0 Å². The summed E-state index contributed by atoms with van der Waals surface area (Å²) < 4.78 is 5.23. The molecule has 2 aromatic rings. The number of amides is 1. The van der Waals surface area contributed by atoms with Gasteiger partial charge in [-0.25, -0.2) is 0 Å². The van der Waals surface area contributed by atoms with Gasteiger partial charge in [-0.2, -0.15) is 5.26 Å². The Labute approximate surface area is 108 Å². The van der Waals surface area contributed by atoms with Crippen molar-refractivity contribution in [3.63, 3.8) is 0 Å². The number of rotatable bonds is 3. The largest absolute Gasteiger partial charge is 0.429 e. The lowest BCUT2D eigenvalue weighted by Gasteiger charge is -2.05. The van der Waals surface area contributed by atoms with Crippen molar-refractivity contribution < 1.29 is 9.21 Å². The number of hydrogen-bond donors (Lipinski definition) is 2. The van der Waals surface area contributed by atoms with Gasteiger partial charge in [-0.05, 0) is 37.3 Å². The lowest BCUT2D eigenvalue weighted by Crippen LogP contribution is -2.27. The fraction of sp³-hybridized carbons (Fsp3) is 0.250. The fourth-order valence-corrected chi connectivity index (χ4v) is 1.68. The number of H-pyrrole nitrogens is 1. The molecule has 0 aliphatic rings. The number of benzene rings is 1. The highest BCUT2D eigenvalue weighted by atomic mass is 32.1. The van der Waals surface area contributed by atoms with Gasteiger partial charge in [0.15, 0.2) is 5.58 Å². The van der Waals surface area contributed by atoms with Crippen LogP contribution in [0.2, 0.25) is 0 Å². The van der Waals surface area contributed by atoms with Gasteiger partial charge in [0, 0.05) is 12.1 Å². The average Bonchev–Trinajstić information content (AvgIpc) is 2.74. The summed E-state index contributed by atoms with van der Waals surface area (Å²) in [5, 5.41) is 11.3. The lowest BCUT2D eigenvalue weighted by molar-refractivity contribution is 0.0951. The molecule has 18 heavy (non-hydrogen) atoms. The molecule has 0 saturated carbocycles. The molecule has 1 heterocycles. The minimum atomic E-state index is -0.235. The van der Waals surface area contributed by atoms with Gasteiger partial charge >= 0.3 is 0 Å². The van der Waals surface area contributed by atoms with E-state index in [1.54, 1.807) is 25.1 Å². The molecule has 0 spiro atoms. The van der Waals surface area contributed by atoms with E-state index in [2.05, 4.69) is 16.4 Å². The number of carbonyl (C=O) groups excluding carboxylic acids is 1. The first-order chi connectivity index (χ1) is 8.60. The number of aromatic amines is 1. The predicted molar refractivity (Wildman–Crippen MR) is 68.5 cm³/mol. The van der Waals surface area contributed by atoms with Gasteiger partial charge in [-0.15, -0.1) is 0 Å². The second-order valence-electron chi connectivity index (χ2n) is 3.97. The van der Waals surface area contributed by atoms with Crippen molar-refractivity contribution in [1.29, 1.82) is 5.26 Å². The van der Waals surface area contributed by atoms with Gasteiger partial charge in [0.05, 0.1) is 17.5 Å². The lowest BCUT2D eigenvalue weighted by atomic mass is 10.1. The molecular formula is C12H11N3O2S. The van der Waals surface area contributed by atoms with E-state index in [4.69, 9.17) is 21.9 Å². The van der Waals surface area contributed by atoms with E-state index in [-0.39, 0.29) is 16.7 Å². The van der Waals surface area contributed by atoms with Crippen LogP contribution in [0.3, 0.4) is 0 Å². The van der Waals surface area contributed by atoms with Crippen LogP contribution >= 0.6 is 12.2 Å². The Morgan fingerprint density at radius 3 is 3.17 bits per heavy atom. The van der Waals surface area contributed by atoms with Crippen LogP contribution in [0.1, 0.15) is 17.3 Å². The van der Waals surface area contributed by atoms with Gasteiger partial charge in [-0.3, -0.25) is 4.79 Å². The summed E-state index contributed by atoms with van der Waals surface area (Å²) in [6, 6.07) is 7.08. The first-order valence-corrected chi connectivity index (χ1v) is 5.81. The zero-order valence-electron chi connectivity index (χ0n) is 9.69. The molecule has 1 atom stereocenters. The first kappa shape index (κ1) is 12.3. The van der Waals surface area contributed by atoms with Crippen molar-refractivity contribution in [2.45, 2.75) is 6.92 Å². The van der Waals surface area contributed by atoms with Crippen LogP contribution in [-0.4, -0.2) is 17.4 Å². The number of hydrogen-bond acceptors (Lipinski definition) is 4. The molecule has 0 fully saturated rings. The summed E-state index contributed by atoms with van der Waals surface area (Å²) in [7, 11) is 0. The van der Waals surface area contributed by atoms with E-state index in [9.17, 15) is 4.79 Å². The van der Waals surface area contributed by atoms with Crippen LogP contribution in [0.25, 0.3) is 11.1 Å². The van der Waals surface area contributed by atoms with Crippen molar-refractivity contribution >= 4 is 29.2 Å². The molecule has 0 aliphatic heterocycles. The Morgan fingerprint density at radius 2 is 2.44 bits per heavy atom. The van der Waals surface area contributed by atoms with Crippen molar-refractivity contribution in [3.05, 3.63) is 28.6 Å². The number of fused-ring (bicyclic) bond motifs is 1. The Balaban J connectivity index is 2.18. The molecule has 0 unspecified atom stereocenters. The quantitative estimate of drug-likeness (QED) is 0.831. The molecule has 1 amide bonds. The van der Waals surface area contributed by atoms with E-state index in [1.165, 1.54) is 0 Å². The van der Waals surface area contributed by atoms with E-state index in [0.29, 0.717) is 17.7 Å². The molecule has 5 nitrogen and oxygen atoms in total. The van der Waals surface area contributed by atoms with Crippen LogP contribution in [0, 0.1) is 22.1 Å². The number of oxazole rings is 1. The topological polar surface area (TPSA) is 81.8 Å². The summed E-state index contributed by atoms with van der Waals surface area (Å²) in [6.07, 6.45) is 0. The molecule has 0 aliphatic carbocycles. The summed E-state index contributed by atoms with van der Waals surface area (Å²) in [5.74, 6) is -0.449. The summed E-state index contributed by atoms with van der Waals surface area (Å²) in [5.41, 5.74) is 1.77. The van der Waals surface area contributed by atoms with Crippen LogP contribution in [0.15, 0.2) is 22.6 Å². The second kappa shape index (κ2) is 5.02. The molecule has 2 rings (SSSR count). The minimum Gasteiger partial charge on any atom is -0.429 e. The highest BCUT2D eigenvalue weighted by molar-refractivity contribution is 7.71. The maximum Gasteiger partial charge on any atom is 0.266 e. The zero-order chi connectivity index (χ0) is 13.1. The number of carbonyl (C=O) groups is 1. The van der Waals surface area contributed by atoms with Crippen LogP contribution in [-0.2, 0) is 0 Å². The van der Waals surface area contributed by atoms with Gasteiger partial charge in [-0.1, -0.05) is 0 Å². The molecule has 1 aromatic heterocycles. The number of nitriles is 1. The Bertz CT molecular complexity index is 680. The molecule has 0 bridgehead atoms. The maximum absolute atomic E-state index is 11.8. The Hall–Kier alpha value is -2.13.